The molecular formula is C12H21NO5. The van der Waals surface area contributed by atoms with E-state index in [1.807, 2.05) is 0 Å². The molecule has 0 unspecified atom stereocenters. The molecule has 0 aliphatic carbocycles. The summed E-state index contributed by atoms with van der Waals surface area (Å²) in [6.45, 7) is 5.63. The zero-order valence-electron chi connectivity index (χ0n) is 11.3. The number of nitrogens with zero attached hydrogens (tertiary/aromatic N) is 1. The lowest BCUT2D eigenvalue weighted by Crippen LogP contribution is -2.56. The van der Waals surface area contributed by atoms with Crippen LogP contribution in [0.15, 0.2) is 0 Å². The van der Waals surface area contributed by atoms with Crippen LogP contribution in [0.1, 0.15) is 33.6 Å². The first-order chi connectivity index (χ1) is 8.26. The molecule has 1 fully saturated rings. The fourth-order valence-electron chi connectivity index (χ4n) is 1.91. The molecule has 1 amide bonds. The van der Waals surface area contributed by atoms with Crippen LogP contribution in [0.5, 0.6) is 0 Å². The fourth-order valence-corrected chi connectivity index (χ4v) is 1.91. The van der Waals surface area contributed by atoms with Gasteiger partial charge in [0.2, 0.25) is 0 Å². The number of hydrogen-bond acceptors (Lipinski definition) is 5. The maximum atomic E-state index is 12.0. The molecule has 18 heavy (non-hydrogen) atoms. The summed E-state index contributed by atoms with van der Waals surface area (Å²) in [6, 6.07) is -0.974. The van der Waals surface area contributed by atoms with E-state index in [1.54, 1.807) is 20.8 Å². The molecule has 0 aromatic carbocycles. The lowest BCUT2D eigenvalue weighted by Gasteiger charge is -2.37. The van der Waals surface area contributed by atoms with Crippen molar-refractivity contribution < 1.29 is 24.2 Å². The SMILES string of the molecule is COC(=O)[C@@H]1[C@H](O)CCCN1C(=O)OC(C)(C)C. The van der Waals surface area contributed by atoms with E-state index in [1.165, 1.54) is 12.0 Å². The fraction of sp³-hybridized carbons (Fsp3) is 0.833. The van der Waals surface area contributed by atoms with Gasteiger partial charge in [-0.25, -0.2) is 9.59 Å². The first kappa shape index (κ1) is 14.8. The second kappa shape index (κ2) is 5.56. The van der Waals surface area contributed by atoms with E-state index in [0.29, 0.717) is 19.4 Å². The van der Waals surface area contributed by atoms with E-state index < -0.39 is 29.8 Å². The first-order valence-corrected chi connectivity index (χ1v) is 6.02. The standard InChI is InChI=1S/C12H21NO5/c1-12(2,3)18-11(16)13-7-5-6-8(14)9(13)10(15)17-4/h8-9,14H,5-7H2,1-4H3/t8-,9+/m1/s1. The van der Waals surface area contributed by atoms with Gasteiger partial charge >= 0.3 is 12.1 Å². The van der Waals surface area contributed by atoms with Crippen molar-refractivity contribution in [3.63, 3.8) is 0 Å². The molecule has 0 bridgehead atoms. The predicted octanol–water partition coefficient (Wildman–Crippen LogP) is 0.920. The average Bonchev–Trinajstić information content (AvgIpc) is 2.25. The molecule has 6 nitrogen and oxygen atoms in total. The Morgan fingerprint density at radius 3 is 2.44 bits per heavy atom. The number of amides is 1. The number of methoxy groups -OCH3 is 1. The summed E-state index contributed by atoms with van der Waals surface area (Å²) in [5.41, 5.74) is -0.639. The third kappa shape index (κ3) is 3.60. The van der Waals surface area contributed by atoms with Gasteiger partial charge in [-0.15, -0.1) is 0 Å². The van der Waals surface area contributed by atoms with Crippen LogP contribution >= 0.6 is 0 Å². The van der Waals surface area contributed by atoms with Gasteiger partial charge in [0.1, 0.15) is 5.60 Å². The topological polar surface area (TPSA) is 76.1 Å². The normalized spacial score (nSPS) is 24.6. The van der Waals surface area contributed by atoms with Gasteiger partial charge in [-0.2, -0.15) is 0 Å². The summed E-state index contributed by atoms with van der Waals surface area (Å²) in [5, 5.41) is 9.84. The summed E-state index contributed by atoms with van der Waals surface area (Å²) in [6.07, 6.45) is -0.400. The van der Waals surface area contributed by atoms with Crippen molar-refractivity contribution in [2.75, 3.05) is 13.7 Å². The molecule has 1 N–H and O–H groups in total. The van der Waals surface area contributed by atoms with Gasteiger partial charge in [0.25, 0.3) is 0 Å². The second-order valence-electron chi connectivity index (χ2n) is 5.35. The van der Waals surface area contributed by atoms with E-state index in [0.717, 1.165) is 0 Å². The van der Waals surface area contributed by atoms with Crippen molar-refractivity contribution in [1.82, 2.24) is 4.90 Å². The zero-order chi connectivity index (χ0) is 13.9. The van der Waals surface area contributed by atoms with Gasteiger partial charge in [-0.05, 0) is 33.6 Å². The van der Waals surface area contributed by atoms with E-state index >= 15 is 0 Å². The Morgan fingerprint density at radius 1 is 1.33 bits per heavy atom. The Morgan fingerprint density at radius 2 is 1.94 bits per heavy atom. The molecule has 0 spiro atoms. The van der Waals surface area contributed by atoms with Gasteiger partial charge in [-0.3, -0.25) is 4.90 Å². The Hall–Kier alpha value is -1.30. The molecule has 1 saturated heterocycles. The summed E-state index contributed by atoms with van der Waals surface area (Å²) in [7, 11) is 1.23. The number of carbonyl (C=O) groups excluding carboxylic acids is 2. The van der Waals surface area contributed by atoms with Crippen LogP contribution in [0.25, 0.3) is 0 Å². The van der Waals surface area contributed by atoms with Crippen LogP contribution < -0.4 is 0 Å². The van der Waals surface area contributed by atoms with E-state index in [9.17, 15) is 14.7 Å². The van der Waals surface area contributed by atoms with Crippen molar-refractivity contribution >= 4 is 12.1 Å². The monoisotopic (exact) mass is 259 g/mol. The minimum absolute atomic E-state index is 0.381. The van der Waals surface area contributed by atoms with Gasteiger partial charge in [0.05, 0.1) is 13.2 Å². The highest BCUT2D eigenvalue weighted by atomic mass is 16.6. The quantitative estimate of drug-likeness (QED) is 0.709. The van der Waals surface area contributed by atoms with Gasteiger partial charge in [0, 0.05) is 6.54 Å². The summed E-state index contributed by atoms with van der Waals surface area (Å²) >= 11 is 0. The number of hydrogen-bond donors (Lipinski definition) is 1. The van der Waals surface area contributed by atoms with Crippen LogP contribution in [0.3, 0.4) is 0 Å². The lowest BCUT2D eigenvalue weighted by atomic mass is 9.99. The molecule has 1 aliphatic heterocycles. The van der Waals surface area contributed by atoms with Crippen molar-refractivity contribution in [3.8, 4) is 0 Å². The summed E-state index contributed by atoms with van der Waals surface area (Å²) in [5.74, 6) is -0.618. The van der Waals surface area contributed by atoms with E-state index in [4.69, 9.17) is 4.74 Å². The Balaban J connectivity index is 2.82. The summed E-state index contributed by atoms with van der Waals surface area (Å²) in [4.78, 5) is 24.8. The zero-order valence-corrected chi connectivity index (χ0v) is 11.3. The number of piperidine rings is 1. The van der Waals surface area contributed by atoms with Gasteiger partial charge in [0.15, 0.2) is 6.04 Å². The third-order valence-corrected chi connectivity index (χ3v) is 2.67. The van der Waals surface area contributed by atoms with Crippen LogP contribution in [0.4, 0.5) is 4.79 Å². The molecular weight excluding hydrogens is 238 g/mol. The van der Waals surface area contributed by atoms with Crippen molar-refractivity contribution in [1.29, 1.82) is 0 Å². The Labute approximate surface area is 107 Å². The number of likely N-dealkylation sites (tertiary alicyclic amines) is 1. The smallest absolute Gasteiger partial charge is 0.411 e. The van der Waals surface area contributed by atoms with Crippen molar-refractivity contribution in [2.24, 2.45) is 0 Å². The minimum atomic E-state index is -0.974. The Kier molecular flexibility index (Phi) is 4.56. The maximum absolute atomic E-state index is 12.0. The molecule has 0 saturated carbocycles. The van der Waals surface area contributed by atoms with Crippen LogP contribution in [-0.2, 0) is 14.3 Å². The molecule has 1 rings (SSSR count). The molecule has 1 heterocycles. The third-order valence-electron chi connectivity index (χ3n) is 2.67. The molecule has 6 heteroatoms. The predicted molar refractivity (Wildman–Crippen MR) is 64.0 cm³/mol. The number of esters is 1. The maximum Gasteiger partial charge on any atom is 0.411 e. The second-order valence-corrected chi connectivity index (χ2v) is 5.35. The van der Waals surface area contributed by atoms with Crippen LogP contribution in [0.2, 0.25) is 0 Å². The van der Waals surface area contributed by atoms with Crippen LogP contribution in [-0.4, -0.2) is 53.5 Å². The van der Waals surface area contributed by atoms with Gasteiger partial charge in [-0.1, -0.05) is 0 Å². The average molecular weight is 259 g/mol. The number of rotatable bonds is 1. The number of ether oxygens (including phenoxy) is 2. The molecule has 0 radical (unpaired) electrons. The molecule has 2 atom stereocenters. The summed E-state index contributed by atoms with van der Waals surface area (Å²) < 4.78 is 9.84. The van der Waals surface area contributed by atoms with Crippen molar-refractivity contribution in [3.05, 3.63) is 0 Å². The largest absolute Gasteiger partial charge is 0.467 e. The van der Waals surface area contributed by atoms with E-state index in [2.05, 4.69) is 4.74 Å². The number of carbonyl (C=O) groups is 2. The highest BCUT2D eigenvalue weighted by Crippen LogP contribution is 2.21. The number of aliphatic hydroxyl groups is 1. The van der Waals surface area contributed by atoms with Crippen LogP contribution in [0, 0.1) is 0 Å². The van der Waals surface area contributed by atoms with Crippen molar-refractivity contribution in [2.45, 2.75) is 51.4 Å². The first-order valence-electron chi connectivity index (χ1n) is 6.02. The van der Waals surface area contributed by atoms with E-state index in [-0.39, 0.29) is 0 Å². The Bertz CT molecular complexity index is 323. The van der Waals surface area contributed by atoms with Gasteiger partial charge < -0.3 is 14.6 Å². The highest BCUT2D eigenvalue weighted by molar-refractivity contribution is 5.82. The lowest BCUT2D eigenvalue weighted by molar-refractivity contribution is -0.153. The molecule has 1 aliphatic rings. The minimum Gasteiger partial charge on any atom is -0.467 e. The highest BCUT2D eigenvalue weighted by Gasteiger charge is 2.41. The molecule has 0 aromatic rings. The number of aliphatic hydroxyl groups excluding tert-OH is 1. The molecule has 104 valence electrons. The molecule has 0 aromatic heterocycles.